The Morgan fingerprint density at radius 1 is 1.50 bits per heavy atom. The number of carbonyl (C=O) groups excluding carboxylic acids is 1. The highest BCUT2D eigenvalue weighted by atomic mass is 16.5. The number of carbonyl (C=O) groups is 1. The molecule has 5 heteroatoms. The van der Waals surface area contributed by atoms with Crippen LogP contribution in [0.15, 0.2) is 0 Å². The molecule has 0 saturated carbocycles. The van der Waals surface area contributed by atoms with Crippen molar-refractivity contribution in [3.63, 3.8) is 0 Å². The number of rotatable bonds is 6. The molecule has 1 unspecified atom stereocenters. The Morgan fingerprint density at radius 3 is 2.81 bits per heavy atom. The van der Waals surface area contributed by atoms with Gasteiger partial charge in [-0.3, -0.25) is 9.69 Å². The molecule has 0 bridgehead atoms. The van der Waals surface area contributed by atoms with Gasteiger partial charge in [0, 0.05) is 32.2 Å². The van der Waals surface area contributed by atoms with E-state index in [1.54, 1.807) is 0 Å². The number of hydrogen-bond donors (Lipinski definition) is 1. The summed E-state index contributed by atoms with van der Waals surface area (Å²) in [6, 6.07) is 0.175. The first kappa shape index (κ1) is 13.4. The van der Waals surface area contributed by atoms with E-state index in [-0.39, 0.29) is 12.0 Å². The Kier molecular flexibility index (Phi) is 6.37. The van der Waals surface area contributed by atoms with Crippen LogP contribution < -0.4 is 5.32 Å². The lowest BCUT2D eigenvalue weighted by Gasteiger charge is -2.27. The minimum absolute atomic E-state index is 0.161. The summed E-state index contributed by atoms with van der Waals surface area (Å²) in [5.41, 5.74) is 0. The number of esters is 1. The molecule has 1 heterocycles. The highest BCUT2D eigenvalue weighted by Gasteiger charge is 2.11. The second-order valence-electron chi connectivity index (χ2n) is 4.09. The number of nitrogens with one attached hydrogen (secondary N) is 1. The average Bonchev–Trinajstić information content (AvgIpc) is 2.30. The number of nitrogens with zero attached hydrogens (tertiary/aromatic N) is 1. The highest BCUT2D eigenvalue weighted by Crippen LogP contribution is 1.96. The van der Waals surface area contributed by atoms with E-state index in [0.717, 1.165) is 39.4 Å². The summed E-state index contributed by atoms with van der Waals surface area (Å²) in [4.78, 5) is 13.4. The van der Waals surface area contributed by atoms with E-state index in [1.165, 1.54) is 7.11 Å². The highest BCUT2D eigenvalue weighted by molar-refractivity contribution is 5.69. The largest absolute Gasteiger partial charge is 0.469 e. The lowest BCUT2D eigenvalue weighted by Crippen LogP contribution is -2.42. The van der Waals surface area contributed by atoms with Crippen LogP contribution in [0.5, 0.6) is 0 Å². The lowest BCUT2D eigenvalue weighted by molar-refractivity contribution is -0.141. The van der Waals surface area contributed by atoms with Gasteiger partial charge in [-0.25, -0.2) is 0 Å². The van der Waals surface area contributed by atoms with Crippen LogP contribution in [0.2, 0.25) is 0 Å². The van der Waals surface area contributed by atoms with Gasteiger partial charge in [-0.1, -0.05) is 0 Å². The molecule has 0 spiro atoms. The zero-order chi connectivity index (χ0) is 11.8. The van der Waals surface area contributed by atoms with Crippen molar-refractivity contribution in [3.05, 3.63) is 0 Å². The zero-order valence-electron chi connectivity index (χ0n) is 10.2. The monoisotopic (exact) mass is 230 g/mol. The molecule has 1 aliphatic rings. The van der Waals surface area contributed by atoms with Crippen LogP contribution in [-0.2, 0) is 14.3 Å². The number of methoxy groups -OCH3 is 1. The van der Waals surface area contributed by atoms with E-state index in [9.17, 15) is 4.79 Å². The summed E-state index contributed by atoms with van der Waals surface area (Å²) in [7, 11) is 1.42. The van der Waals surface area contributed by atoms with E-state index in [2.05, 4.69) is 15.0 Å². The van der Waals surface area contributed by atoms with Crippen molar-refractivity contribution in [3.8, 4) is 0 Å². The standard InChI is InChI=1S/C11H22N2O3/c1-10(9-11(14)15-2)12-3-4-13-5-7-16-8-6-13/h10,12H,3-9H2,1-2H3. The smallest absolute Gasteiger partial charge is 0.307 e. The van der Waals surface area contributed by atoms with Gasteiger partial charge in [0.25, 0.3) is 0 Å². The fourth-order valence-corrected chi connectivity index (χ4v) is 1.70. The van der Waals surface area contributed by atoms with Gasteiger partial charge in [-0.15, -0.1) is 0 Å². The summed E-state index contributed by atoms with van der Waals surface area (Å²) in [6.07, 6.45) is 0.430. The molecule has 0 aliphatic carbocycles. The summed E-state index contributed by atoms with van der Waals surface area (Å²) in [5.74, 6) is -0.161. The van der Waals surface area contributed by atoms with Crippen molar-refractivity contribution < 1.29 is 14.3 Å². The average molecular weight is 230 g/mol. The maximum atomic E-state index is 11.0. The SMILES string of the molecule is COC(=O)CC(C)NCCN1CCOCC1. The zero-order valence-corrected chi connectivity index (χ0v) is 10.2. The van der Waals surface area contributed by atoms with Crippen LogP contribution in [0.1, 0.15) is 13.3 Å². The first-order valence-corrected chi connectivity index (χ1v) is 5.82. The molecule has 0 aromatic rings. The van der Waals surface area contributed by atoms with E-state index < -0.39 is 0 Å². The third-order valence-electron chi connectivity index (χ3n) is 2.73. The Labute approximate surface area is 97.1 Å². The molecule has 0 aromatic carbocycles. The third kappa shape index (κ3) is 5.44. The molecular formula is C11H22N2O3. The van der Waals surface area contributed by atoms with Crippen molar-refractivity contribution in [2.45, 2.75) is 19.4 Å². The topological polar surface area (TPSA) is 50.8 Å². The van der Waals surface area contributed by atoms with Gasteiger partial charge in [0.05, 0.1) is 26.7 Å². The normalized spacial score (nSPS) is 19.4. The first-order valence-electron chi connectivity index (χ1n) is 5.82. The molecule has 0 radical (unpaired) electrons. The fourth-order valence-electron chi connectivity index (χ4n) is 1.70. The van der Waals surface area contributed by atoms with Crippen molar-refractivity contribution in [2.75, 3.05) is 46.5 Å². The molecular weight excluding hydrogens is 208 g/mol. The summed E-state index contributed by atoms with van der Waals surface area (Å²) >= 11 is 0. The van der Waals surface area contributed by atoms with E-state index in [0.29, 0.717) is 6.42 Å². The van der Waals surface area contributed by atoms with Crippen LogP contribution in [-0.4, -0.2) is 63.4 Å². The van der Waals surface area contributed by atoms with E-state index in [1.807, 2.05) is 6.92 Å². The molecule has 1 rings (SSSR count). The Bertz CT molecular complexity index is 205. The molecule has 0 amide bonds. The number of morpholine rings is 1. The predicted molar refractivity (Wildman–Crippen MR) is 61.4 cm³/mol. The van der Waals surface area contributed by atoms with Crippen molar-refractivity contribution in [2.24, 2.45) is 0 Å². The van der Waals surface area contributed by atoms with Gasteiger partial charge in [0.2, 0.25) is 0 Å². The van der Waals surface area contributed by atoms with Crippen LogP contribution >= 0.6 is 0 Å². The Hall–Kier alpha value is -0.650. The summed E-state index contributed by atoms with van der Waals surface area (Å²) in [6.45, 7) is 7.58. The first-order chi connectivity index (χ1) is 7.72. The van der Waals surface area contributed by atoms with Gasteiger partial charge in [-0.2, -0.15) is 0 Å². The maximum Gasteiger partial charge on any atom is 0.307 e. The second-order valence-corrected chi connectivity index (χ2v) is 4.09. The van der Waals surface area contributed by atoms with Crippen LogP contribution in [0, 0.1) is 0 Å². The minimum atomic E-state index is -0.161. The Morgan fingerprint density at radius 2 is 2.19 bits per heavy atom. The maximum absolute atomic E-state index is 11.0. The lowest BCUT2D eigenvalue weighted by atomic mass is 10.2. The second kappa shape index (κ2) is 7.60. The molecule has 1 saturated heterocycles. The van der Waals surface area contributed by atoms with Gasteiger partial charge in [0.15, 0.2) is 0 Å². The molecule has 1 fully saturated rings. The molecule has 1 aliphatic heterocycles. The molecule has 5 nitrogen and oxygen atoms in total. The molecule has 1 N–H and O–H groups in total. The van der Waals surface area contributed by atoms with E-state index >= 15 is 0 Å². The molecule has 94 valence electrons. The van der Waals surface area contributed by atoms with E-state index in [4.69, 9.17) is 4.74 Å². The number of hydrogen-bond acceptors (Lipinski definition) is 5. The van der Waals surface area contributed by atoms with Gasteiger partial charge in [0.1, 0.15) is 0 Å². The van der Waals surface area contributed by atoms with Crippen LogP contribution in [0.4, 0.5) is 0 Å². The molecule has 1 atom stereocenters. The molecule has 0 aromatic heterocycles. The minimum Gasteiger partial charge on any atom is -0.469 e. The van der Waals surface area contributed by atoms with Gasteiger partial charge >= 0.3 is 5.97 Å². The van der Waals surface area contributed by atoms with Crippen molar-refractivity contribution >= 4 is 5.97 Å². The van der Waals surface area contributed by atoms with Crippen LogP contribution in [0.25, 0.3) is 0 Å². The van der Waals surface area contributed by atoms with Crippen molar-refractivity contribution in [1.29, 1.82) is 0 Å². The Balaban J connectivity index is 2.03. The van der Waals surface area contributed by atoms with Crippen LogP contribution in [0.3, 0.4) is 0 Å². The fraction of sp³-hybridized carbons (Fsp3) is 0.909. The summed E-state index contributed by atoms with van der Waals surface area (Å²) in [5, 5.41) is 3.31. The quantitative estimate of drug-likeness (QED) is 0.644. The van der Waals surface area contributed by atoms with Crippen molar-refractivity contribution in [1.82, 2.24) is 10.2 Å². The molecule has 16 heavy (non-hydrogen) atoms. The number of ether oxygens (including phenoxy) is 2. The van der Waals surface area contributed by atoms with Gasteiger partial charge < -0.3 is 14.8 Å². The predicted octanol–water partition coefficient (Wildman–Crippen LogP) is -0.140. The third-order valence-corrected chi connectivity index (χ3v) is 2.73. The van der Waals surface area contributed by atoms with Gasteiger partial charge in [-0.05, 0) is 6.92 Å². The summed E-state index contributed by atoms with van der Waals surface area (Å²) < 4.78 is 9.88.